The number of hydrogen-bond donors (Lipinski definition) is 1. The molecule has 0 atom stereocenters. The van der Waals surface area contributed by atoms with E-state index in [-0.39, 0.29) is 12.1 Å². The van der Waals surface area contributed by atoms with E-state index >= 15 is 0 Å². The van der Waals surface area contributed by atoms with Crippen LogP contribution >= 0.6 is 0 Å². The van der Waals surface area contributed by atoms with Gasteiger partial charge in [-0.15, -0.1) is 6.58 Å². The Hall–Kier alpha value is -4.89. The normalized spacial score (nSPS) is 10.9. The van der Waals surface area contributed by atoms with E-state index in [2.05, 4.69) is 11.9 Å². The number of benzene rings is 3. The highest BCUT2D eigenvalue weighted by molar-refractivity contribution is 6.02. The van der Waals surface area contributed by atoms with E-state index in [1.54, 1.807) is 16.8 Å². The number of nitriles is 1. The van der Waals surface area contributed by atoms with Crippen molar-refractivity contribution < 1.29 is 9.53 Å². The van der Waals surface area contributed by atoms with Gasteiger partial charge in [-0.25, -0.2) is 4.68 Å². The summed E-state index contributed by atoms with van der Waals surface area (Å²) < 4.78 is 7.63. The van der Waals surface area contributed by atoms with Crippen LogP contribution in [-0.2, 0) is 11.4 Å². The molecule has 172 valence electrons. The van der Waals surface area contributed by atoms with Crippen LogP contribution in [0.25, 0.3) is 23.0 Å². The summed E-state index contributed by atoms with van der Waals surface area (Å²) in [4.78, 5) is 12.4. The summed E-state index contributed by atoms with van der Waals surface area (Å²) in [6, 6.07) is 29.2. The van der Waals surface area contributed by atoms with Crippen molar-refractivity contribution in [1.82, 2.24) is 15.1 Å². The fourth-order valence-electron chi connectivity index (χ4n) is 3.44. The van der Waals surface area contributed by atoms with Gasteiger partial charge in [-0.05, 0) is 48.0 Å². The van der Waals surface area contributed by atoms with Gasteiger partial charge >= 0.3 is 0 Å². The first kappa shape index (κ1) is 23.3. The zero-order chi connectivity index (χ0) is 24.5. The maximum Gasteiger partial charge on any atom is 0.262 e. The summed E-state index contributed by atoms with van der Waals surface area (Å²) in [5, 5.41) is 17.0. The molecule has 0 saturated heterocycles. The number of nitrogens with zero attached hydrogens (tertiary/aromatic N) is 3. The second-order valence-corrected chi connectivity index (χ2v) is 7.68. The standard InChI is InChI=1S/C29H24N4O2/c1-2-17-31-29(34)24(19-30)18-25-20-33(26-11-7-4-8-12-26)32-28(25)23-13-15-27(16-14-23)35-21-22-9-5-3-6-10-22/h2-16,18,20H,1,17,21H2,(H,31,34). The van der Waals surface area contributed by atoms with Crippen molar-refractivity contribution in [2.75, 3.05) is 6.54 Å². The molecule has 1 amide bonds. The summed E-state index contributed by atoms with van der Waals surface area (Å²) in [6.07, 6.45) is 4.93. The van der Waals surface area contributed by atoms with E-state index in [1.807, 2.05) is 97.2 Å². The number of amides is 1. The lowest BCUT2D eigenvalue weighted by molar-refractivity contribution is -0.116. The third-order valence-corrected chi connectivity index (χ3v) is 5.21. The number of rotatable bonds is 9. The highest BCUT2D eigenvalue weighted by atomic mass is 16.5. The lowest BCUT2D eigenvalue weighted by Gasteiger charge is -2.07. The first-order valence-electron chi connectivity index (χ1n) is 11.1. The van der Waals surface area contributed by atoms with Crippen LogP contribution < -0.4 is 10.1 Å². The van der Waals surface area contributed by atoms with Crippen molar-refractivity contribution in [3.63, 3.8) is 0 Å². The van der Waals surface area contributed by atoms with Gasteiger partial charge in [0.05, 0.1) is 11.4 Å². The quantitative estimate of drug-likeness (QED) is 0.208. The van der Waals surface area contributed by atoms with Crippen molar-refractivity contribution in [3.05, 3.63) is 120 Å². The average Bonchev–Trinajstić information content (AvgIpc) is 3.34. The molecule has 6 nitrogen and oxygen atoms in total. The molecule has 0 aliphatic heterocycles. The number of nitrogens with one attached hydrogen (secondary N) is 1. The zero-order valence-corrected chi connectivity index (χ0v) is 19.1. The number of ether oxygens (including phenoxy) is 1. The average molecular weight is 461 g/mol. The molecule has 6 heteroatoms. The van der Waals surface area contributed by atoms with Crippen LogP contribution in [0, 0.1) is 11.3 Å². The van der Waals surface area contributed by atoms with Gasteiger partial charge in [0.2, 0.25) is 0 Å². The largest absolute Gasteiger partial charge is 0.489 e. The van der Waals surface area contributed by atoms with Gasteiger partial charge in [0.25, 0.3) is 5.91 Å². The summed E-state index contributed by atoms with van der Waals surface area (Å²) in [5.74, 6) is 0.272. The topological polar surface area (TPSA) is 79.9 Å². The second-order valence-electron chi connectivity index (χ2n) is 7.68. The molecule has 3 aromatic carbocycles. The molecule has 1 N–H and O–H groups in total. The summed E-state index contributed by atoms with van der Waals surface area (Å²) in [5.41, 5.74) is 4.07. The molecule has 0 bridgehead atoms. The molecule has 1 heterocycles. The molecular formula is C29H24N4O2. The molecule has 4 rings (SSSR count). The molecule has 0 saturated carbocycles. The Morgan fingerprint density at radius 1 is 1.03 bits per heavy atom. The summed E-state index contributed by atoms with van der Waals surface area (Å²) in [6.45, 7) is 4.34. The number of para-hydroxylation sites is 1. The van der Waals surface area contributed by atoms with Gasteiger partial charge in [0.1, 0.15) is 24.0 Å². The van der Waals surface area contributed by atoms with Crippen LogP contribution in [0.1, 0.15) is 11.1 Å². The number of carbonyl (C=O) groups is 1. The molecule has 35 heavy (non-hydrogen) atoms. The first-order valence-corrected chi connectivity index (χ1v) is 11.1. The highest BCUT2D eigenvalue weighted by Crippen LogP contribution is 2.28. The summed E-state index contributed by atoms with van der Waals surface area (Å²) in [7, 11) is 0. The minimum Gasteiger partial charge on any atom is -0.489 e. The predicted octanol–water partition coefficient (Wildman–Crippen LogP) is 5.33. The SMILES string of the molecule is C=CCNC(=O)C(C#N)=Cc1cn(-c2ccccc2)nc1-c1ccc(OCc2ccccc2)cc1. The van der Waals surface area contributed by atoms with Crippen molar-refractivity contribution in [2.24, 2.45) is 0 Å². The van der Waals surface area contributed by atoms with Crippen molar-refractivity contribution >= 4 is 12.0 Å². The highest BCUT2D eigenvalue weighted by Gasteiger charge is 2.15. The maximum absolute atomic E-state index is 12.4. The van der Waals surface area contributed by atoms with Gasteiger partial charge in [-0.3, -0.25) is 4.79 Å². The molecule has 4 aromatic rings. The molecule has 1 aromatic heterocycles. The molecule has 0 unspecified atom stereocenters. The second kappa shape index (κ2) is 11.3. The van der Waals surface area contributed by atoms with Crippen LogP contribution in [0.2, 0.25) is 0 Å². The number of hydrogen-bond acceptors (Lipinski definition) is 4. The third-order valence-electron chi connectivity index (χ3n) is 5.21. The Labute approximate surface area is 204 Å². The maximum atomic E-state index is 12.4. The molecular weight excluding hydrogens is 436 g/mol. The minimum absolute atomic E-state index is 0.0106. The number of carbonyl (C=O) groups excluding carboxylic acids is 1. The van der Waals surface area contributed by atoms with E-state index in [0.29, 0.717) is 17.9 Å². The van der Waals surface area contributed by atoms with Crippen LogP contribution in [0.5, 0.6) is 5.75 Å². The Balaban J connectivity index is 1.65. The molecule has 0 radical (unpaired) electrons. The Morgan fingerprint density at radius 2 is 1.71 bits per heavy atom. The fraction of sp³-hybridized carbons (Fsp3) is 0.0690. The lowest BCUT2D eigenvalue weighted by atomic mass is 10.1. The Bertz CT molecular complexity index is 1370. The Kier molecular flexibility index (Phi) is 7.52. The van der Waals surface area contributed by atoms with Gasteiger partial charge in [0.15, 0.2) is 0 Å². The van der Waals surface area contributed by atoms with Gasteiger partial charge in [-0.1, -0.05) is 54.6 Å². The number of aromatic nitrogens is 2. The fourth-order valence-corrected chi connectivity index (χ4v) is 3.44. The first-order chi connectivity index (χ1) is 17.2. The van der Waals surface area contributed by atoms with Gasteiger partial charge < -0.3 is 10.1 Å². The molecule has 0 fully saturated rings. The van der Waals surface area contributed by atoms with Crippen molar-refractivity contribution in [3.8, 4) is 28.8 Å². The van der Waals surface area contributed by atoms with Crippen LogP contribution in [0.4, 0.5) is 0 Å². The molecule has 0 aliphatic rings. The lowest BCUT2D eigenvalue weighted by Crippen LogP contribution is -2.24. The van der Waals surface area contributed by atoms with Gasteiger partial charge in [-0.2, -0.15) is 10.4 Å². The predicted molar refractivity (Wildman–Crippen MR) is 137 cm³/mol. The molecule has 0 aliphatic carbocycles. The minimum atomic E-state index is -0.463. The Morgan fingerprint density at radius 3 is 2.37 bits per heavy atom. The van der Waals surface area contributed by atoms with E-state index in [1.165, 1.54) is 0 Å². The van der Waals surface area contributed by atoms with E-state index < -0.39 is 5.91 Å². The smallest absolute Gasteiger partial charge is 0.262 e. The monoisotopic (exact) mass is 460 g/mol. The molecule has 0 spiro atoms. The van der Waals surface area contributed by atoms with Crippen LogP contribution in [0.3, 0.4) is 0 Å². The van der Waals surface area contributed by atoms with Crippen molar-refractivity contribution in [1.29, 1.82) is 5.26 Å². The third kappa shape index (κ3) is 5.92. The van der Waals surface area contributed by atoms with E-state index in [9.17, 15) is 10.1 Å². The summed E-state index contributed by atoms with van der Waals surface area (Å²) >= 11 is 0. The van der Waals surface area contributed by atoms with Gasteiger partial charge in [0, 0.05) is 23.9 Å². The van der Waals surface area contributed by atoms with E-state index in [0.717, 1.165) is 22.6 Å². The van der Waals surface area contributed by atoms with Crippen LogP contribution in [0.15, 0.2) is 109 Å². The zero-order valence-electron chi connectivity index (χ0n) is 19.1. The van der Waals surface area contributed by atoms with Crippen LogP contribution in [-0.4, -0.2) is 22.2 Å². The van der Waals surface area contributed by atoms with E-state index in [4.69, 9.17) is 9.84 Å². The van der Waals surface area contributed by atoms with Crippen molar-refractivity contribution in [2.45, 2.75) is 6.61 Å².